The lowest BCUT2D eigenvalue weighted by Gasteiger charge is -2.30. The van der Waals surface area contributed by atoms with Gasteiger partial charge in [0.05, 0.1) is 6.10 Å². The molecule has 0 radical (unpaired) electrons. The van der Waals surface area contributed by atoms with Crippen LogP contribution in [0.2, 0.25) is 0 Å². The Kier molecular flexibility index (Phi) is 9.39. The van der Waals surface area contributed by atoms with E-state index in [1.807, 2.05) is 6.08 Å². The van der Waals surface area contributed by atoms with Crippen molar-refractivity contribution in [1.82, 2.24) is 16.1 Å². The number of fused-ring (bicyclic) bond motifs is 2. The van der Waals surface area contributed by atoms with Crippen LogP contribution in [-0.4, -0.2) is 44.7 Å². The van der Waals surface area contributed by atoms with E-state index in [1.165, 1.54) is 28.6 Å². The molecule has 1 fully saturated rings. The van der Waals surface area contributed by atoms with Crippen molar-refractivity contribution in [1.29, 1.82) is 0 Å². The molecule has 34 heavy (non-hydrogen) atoms. The third-order valence-corrected chi connectivity index (χ3v) is 6.65. The average Bonchev–Trinajstić information content (AvgIpc) is 3.01. The summed E-state index contributed by atoms with van der Waals surface area (Å²) in [5, 5.41) is 7.48. The monoisotopic (exact) mass is 482 g/mol. The predicted octanol–water partition coefficient (Wildman–Crippen LogP) is 4.11. The Morgan fingerprint density at radius 3 is 2.91 bits per heavy atom. The fraction of sp³-hybridized carbons (Fsp3) is 0.444. The smallest absolute Gasteiger partial charge is 0.267 e. The lowest BCUT2D eigenvalue weighted by molar-refractivity contribution is -0.134. The molecule has 0 bridgehead atoms. The largest absolute Gasteiger partial charge is 0.341 e. The second-order valence-corrected chi connectivity index (χ2v) is 9.32. The number of unbranched alkanes of at least 4 members (excludes halogenated alkanes) is 1. The number of anilines is 1. The number of halogens is 1. The fourth-order valence-corrected chi connectivity index (χ4v) is 4.72. The molecule has 3 aliphatic rings. The zero-order chi connectivity index (χ0) is 23.6. The summed E-state index contributed by atoms with van der Waals surface area (Å²) < 4.78 is 0. The molecule has 0 saturated carbocycles. The van der Waals surface area contributed by atoms with Gasteiger partial charge in [0.25, 0.3) is 5.91 Å². The maximum Gasteiger partial charge on any atom is 0.267 e. The fourth-order valence-electron chi connectivity index (χ4n) is 4.54. The standard InChI is InChI=1S/C27H35ClN4O2/c28-23-12-11-22-10-9-21-6-1-2-7-25(21)32(26(22)20-23)19-4-3-15-29-16-5-8-27(33)31-34-24-13-17-30-18-14-24/h1-2,5-8,10,12,20,24,29-30H,3-4,9,11,13-19H2,(H,31,33)/b8-5+. The number of hydrogen-bond acceptors (Lipinski definition) is 5. The molecule has 1 saturated heterocycles. The Morgan fingerprint density at radius 1 is 1.18 bits per heavy atom. The third kappa shape index (κ3) is 7.06. The number of nitrogens with zero attached hydrogens (tertiary/aromatic N) is 1. The van der Waals surface area contributed by atoms with Crippen molar-refractivity contribution in [3.63, 3.8) is 0 Å². The van der Waals surface area contributed by atoms with E-state index in [9.17, 15) is 4.79 Å². The number of nitrogens with one attached hydrogen (secondary N) is 3. The Labute approximate surface area is 207 Å². The first-order chi connectivity index (χ1) is 16.7. The number of hydrogen-bond donors (Lipinski definition) is 3. The number of benzene rings is 1. The molecule has 1 aromatic carbocycles. The average molecular weight is 483 g/mol. The topological polar surface area (TPSA) is 65.6 Å². The number of amides is 1. The van der Waals surface area contributed by atoms with Crippen LogP contribution >= 0.6 is 11.6 Å². The summed E-state index contributed by atoms with van der Waals surface area (Å²) in [5.74, 6) is -0.211. The van der Waals surface area contributed by atoms with E-state index in [1.54, 1.807) is 0 Å². The maximum absolute atomic E-state index is 11.9. The van der Waals surface area contributed by atoms with Crippen LogP contribution in [0.5, 0.6) is 0 Å². The first-order valence-corrected chi connectivity index (χ1v) is 12.7. The number of rotatable bonds is 10. The molecule has 4 rings (SSSR count). The molecular formula is C27H35ClN4O2. The molecule has 1 amide bonds. The molecule has 0 spiro atoms. The molecule has 2 aliphatic heterocycles. The van der Waals surface area contributed by atoms with Crippen LogP contribution in [0.15, 0.2) is 70.9 Å². The van der Waals surface area contributed by atoms with Gasteiger partial charge in [0.1, 0.15) is 0 Å². The Morgan fingerprint density at radius 2 is 2.03 bits per heavy atom. The van der Waals surface area contributed by atoms with Gasteiger partial charge in [-0.1, -0.05) is 48.0 Å². The van der Waals surface area contributed by atoms with Crippen LogP contribution in [0.1, 0.15) is 37.7 Å². The highest BCUT2D eigenvalue weighted by Gasteiger charge is 2.22. The molecule has 3 N–H and O–H groups in total. The molecule has 7 heteroatoms. The molecule has 0 atom stereocenters. The van der Waals surface area contributed by atoms with E-state index in [4.69, 9.17) is 16.4 Å². The van der Waals surface area contributed by atoms with E-state index >= 15 is 0 Å². The zero-order valence-electron chi connectivity index (χ0n) is 19.7. The van der Waals surface area contributed by atoms with Gasteiger partial charge in [-0.15, -0.1) is 0 Å². The van der Waals surface area contributed by atoms with Gasteiger partial charge in [0.2, 0.25) is 0 Å². The SMILES string of the molecule is O=C(/C=C/CNCCCCN1C2=CC(Cl)=CCC2=CCc2ccccc21)NOC1CCNCC1. The Balaban J connectivity index is 1.18. The van der Waals surface area contributed by atoms with E-state index in [0.717, 1.165) is 69.7 Å². The van der Waals surface area contributed by atoms with Gasteiger partial charge in [-0.25, -0.2) is 5.48 Å². The van der Waals surface area contributed by atoms with Crippen molar-refractivity contribution < 1.29 is 9.63 Å². The van der Waals surface area contributed by atoms with Crippen LogP contribution in [0.4, 0.5) is 5.69 Å². The second-order valence-electron chi connectivity index (χ2n) is 8.88. The lowest BCUT2D eigenvalue weighted by atomic mass is 10.0. The quantitative estimate of drug-likeness (QED) is 0.266. The van der Waals surface area contributed by atoms with Crippen molar-refractivity contribution in [3.8, 4) is 0 Å². The molecular weight excluding hydrogens is 448 g/mol. The number of carbonyl (C=O) groups is 1. The van der Waals surface area contributed by atoms with Crippen LogP contribution in [-0.2, 0) is 16.1 Å². The molecule has 1 aliphatic carbocycles. The summed E-state index contributed by atoms with van der Waals surface area (Å²) in [6.07, 6.45) is 15.8. The van der Waals surface area contributed by atoms with E-state index in [0.29, 0.717) is 6.54 Å². The summed E-state index contributed by atoms with van der Waals surface area (Å²) in [6.45, 7) is 4.37. The highest BCUT2D eigenvalue weighted by Crippen LogP contribution is 2.36. The van der Waals surface area contributed by atoms with E-state index < -0.39 is 0 Å². The normalized spacial score (nSPS) is 18.5. The van der Waals surface area contributed by atoms with Crippen molar-refractivity contribution in [2.75, 3.05) is 37.6 Å². The first-order valence-electron chi connectivity index (χ1n) is 12.4. The van der Waals surface area contributed by atoms with E-state index in [2.05, 4.69) is 63.5 Å². The van der Waals surface area contributed by atoms with Gasteiger partial charge >= 0.3 is 0 Å². The summed E-state index contributed by atoms with van der Waals surface area (Å²) in [7, 11) is 0. The van der Waals surface area contributed by atoms with Gasteiger partial charge in [-0.2, -0.15) is 0 Å². The zero-order valence-corrected chi connectivity index (χ0v) is 20.4. The molecule has 0 aromatic heterocycles. The van der Waals surface area contributed by atoms with Gasteiger partial charge in [-0.05, 0) is 81.4 Å². The minimum atomic E-state index is -0.211. The van der Waals surface area contributed by atoms with Crippen LogP contribution in [0.3, 0.4) is 0 Å². The number of allylic oxidation sites excluding steroid dienone is 5. The highest BCUT2D eigenvalue weighted by atomic mass is 35.5. The predicted molar refractivity (Wildman–Crippen MR) is 139 cm³/mol. The van der Waals surface area contributed by atoms with Crippen molar-refractivity contribution in [3.05, 3.63) is 76.5 Å². The van der Waals surface area contributed by atoms with Gasteiger partial charge in [0, 0.05) is 35.6 Å². The summed E-state index contributed by atoms with van der Waals surface area (Å²) in [4.78, 5) is 19.7. The minimum Gasteiger partial charge on any atom is -0.341 e. The Bertz CT molecular complexity index is 963. The summed E-state index contributed by atoms with van der Waals surface area (Å²) >= 11 is 6.37. The molecule has 1 aromatic rings. The first kappa shape index (κ1) is 24.7. The maximum atomic E-state index is 11.9. The summed E-state index contributed by atoms with van der Waals surface area (Å²) in [6, 6.07) is 8.65. The Hall–Kier alpha value is -2.38. The molecule has 2 heterocycles. The van der Waals surface area contributed by atoms with Gasteiger partial charge < -0.3 is 15.5 Å². The number of carbonyl (C=O) groups excluding carboxylic acids is 1. The van der Waals surface area contributed by atoms with Gasteiger partial charge in [-0.3, -0.25) is 9.63 Å². The van der Waals surface area contributed by atoms with Crippen molar-refractivity contribution >= 4 is 23.2 Å². The molecule has 182 valence electrons. The lowest BCUT2D eigenvalue weighted by Crippen LogP contribution is -2.37. The molecule has 0 unspecified atom stereocenters. The number of para-hydroxylation sites is 1. The minimum absolute atomic E-state index is 0.107. The van der Waals surface area contributed by atoms with Crippen LogP contribution in [0.25, 0.3) is 0 Å². The van der Waals surface area contributed by atoms with Crippen molar-refractivity contribution in [2.24, 2.45) is 0 Å². The van der Waals surface area contributed by atoms with E-state index in [-0.39, 0.29) is 12.0 Å². The number of piperidine rings is 1. The van der Waals surface area contributed by atoms with Crippen LogP contribution in [0, 0.1) is 0 Å². The summed E-state index contributed by atoms with van der Waals surface area (Å²) in [5.41, 5.74) is 7.74. The molecule has 6 nitrogen and oxygen atoms in total. The van der Waals surface area contributed by atoms with Gasteiger partial charge in [0.15, 0.2) is 0 Å². The highest BCUT2D eigenvalue weighted by molar-refractivity contribution is 6.31. The van der Waals surface area contributed by atoms with Crippen molar-refractivity contribution in [2.45, 2.75) is 44.6 Å². The van der Waals surface area contributed by atoms with Crippen LogP contribution < -0.4 is 21.0 Å². The third-order valence-electron chi connectivity index (χ3n) is 6.39. The number of hydroxylamine groups is 1. The second kappa shape index (κ2) is 12.9.